The number of aliphatic hydroxyl groups excluding tert-OH is 2. The molecule has 2 aromatic carbocycles. The first-order valence-electron chi connectivity index (χ1n) is 12.8. The molecule has 1 aliphatic carbocycles. The number of ketones is 1. The van der Waals surface area contributed by atoms with Crippen molar-refractivity contribution in [2.75, 3.05) is 6.61 Å². The van der Waals surface area contributed by atoms with Crippen LogP contribution in [0, 0.1) is 0 Å². The Labute approximate surface area is 244 Å². The van der Waals surface area contributed by atoms with Gasteiger partial charge in [0.05, 0.1) is 0 Å². The van der Waals surface area contributed by atoms with Gasteiger partial charge in [0.1, 0.15) is 53.5 Å². The van der Waals surface area contributed by atoms with E-state index < -0.39 is 54.9 Å². The zero-order valence-electron chi connectivity index (χ0n) is 22.3. The fourth-order valence-corrected chi connectivity index (χ4v) is 4.00. The Hall–Kier alpha value is -4.95. The molecule has 0 aromatic heterocycles. The Bertz CT molecular complexity index is 1440. The van der Waals surface area contributed by atoms with Crippen molar-refractivity contribution in [1.82, 2.24) is 0 Å². The lowest BCUT2D eigenvalue weighted by Crippen LogP contribution is -2.61. The van der Waals surface area contributed by atoms with Gasteiger partial charge >= 0.3 is 11.9 Å². The maximum absolute atomic E-state index is 12.6. The van der Waals surface area contributed by atoms with E-state index in [1.54, 1.807) is 0 Å². The highest BCUT2D eigenvalue weighted by molar-refractivity contribution is 6.00. The van der Waals surface area contributed by atoms with E-state index in [0.29, 0.717) is 0 Å². The molecule has 1 fully saturated rings. The average molecular weight is 597 g/mol. The first-order chi connectivity index (χ1) is 20.4. The molecule has 1 saturated heterocycles. The molecule has 0 spiro atoms. The number of phenols is 3. The lowest BCUT2D eigenvalue weighted by atomic mass is 9.97. The summed E-state index contributed by atoms with van der Waals surface area (Å²) in [6.07, 6.45) is 0.644. The van der Waals surface area contributed by atoms with Crippen molar-refractivity contribution in [3.8, 4) is 23.0 Å². The number of rotatable bonds is 9. The van der Waals surface area contributed by atoms with Crippen LogP contribution in [0.1, 0.15) is 5.56 Å². The first-order valence-corrected chi connectivity index (χ1v) is 12.8. The van der Waals surface area contributed by atoms with Crippen molar-refractivity contribution in [1.29, 1.82) is 0 Å². The maximum Gasteiger partial charge on any atom is 0.331 e. The molecule has 0 amide bonds. The molecule has 2 aromatic rings. The van der Waals surface area contributed by atoms with Crippen molar-refractivity contribution in [2.24, 2.45) is 0 Å². The number of aromatic hydroxyl groups is 3. The fourth-order valence-electron chi connectivity index (χ4n) is 4.00. The molecule has 6 N–H and O–H groups in total. The molecule has 0 bridgehead atoms. The molecule has 226 valence electrons. The second kappa shape index (κ2) is 13.4. The van der Waals surface area contributed by atoms with Gasteiger partial charge < -0.3 is 49.6 Å². The van der Waals surface area contributed by atoms with E-state index in [1.165, 1.54) is 54.6 Å². The normalized spacial score (nSPS) is 24.7. The minimum Gasteiger partial charge on any atom is -0.508 e. The smallest absolute Gasteiger partial charge is 0.331 e. The second-order valence-electron chi connectivity index (χ2n) is 9.53. The monoisotopic (exact) mass is 596 g/mol. The van der Waals surface area contributed by atoms with E-state index in [1.807, 2.05) is 0 Å². The molecule has 0 saturated carbocycles. The van der Waals surface area contributed by atoms with E-state index in [0.717, 1.165) is 36.5 Å². The van der Waals surface area contributed by atoms with Crippen molar-refractivity contribution >= 4 is 23.8 Å². The predicted molar refractivity (Wildman–Crippen MR) is 146 cm³/mol. The number of hydrogen-bond acceptors (Lipinski definition) is 13. The third-order valence-corrected chi connectivity index (χ3v) is 6.30. The summed E-state index contributed by atoms with van der Waals surface area (Å²) >= 11 is 0. The van der Waals surface area contributed by atoms with Gasteiger partial charge in [0.25, 0.3) is 0 Å². The number of carbonyl (C=O) groups excluding carboxylic acids is 3. The molecule has 5 atom stereocenters. The molecule has 13 nitrogen and oxygen atoms in total. The molecular weight excluding hydrogens is 568 g/mol. The molecule has 1 aliphatic heterocycles. The van der Waals surface area contributed by atoms with Crippen molar-refractivity contribution < 1.29 is 64.0 Å². The number of carbonyl (C=O) groups is 3. The van der Waals surface area contributed by atoms with Crippen LogP contribution in [0.3, 0.4) is 0 Å². The zero-order valence-corrected chi connectivity index (χ0v) is 22.3. The summed E-state index contributed by atoms with van der Waals surface area (Å²) in [4.78, 5) is 36.1. The van der Waals surface area contributed by atoms with Crippen molar-refractivity contribution in [3.05, 3.63) is 90.6 Å². The summed E-state index contributed by atoms with van der Waals surface area (Å²) in [6, 6.07) is 9.01. The number of allylic oxidation sites excluding steroid dienone is 2. The van der Waals surface area contributed by atoms with Crippen LogP contribution in [0.25, 0.3) is 6.08 Å². The molecule has 2 aliphatic rings. The number of benzene rings is 2. The van der Waals surface area contributed by atoms with Crippen LogP contribution < -0.4 is 4.74 Å². The van der Waals surface area contributed by atoms with Crippen LogP contribution in [-0.4, -0.2) is 91.3 Å². The van der Waals surface area contributed by atoms with Gasteiger partial charge in [-0.25, -0.2) is 9.59 Å². The van der Waals surface area contributed by atoms with Crippen LogP contribution in [0.2, 0.25) is 0 Å². The van der Waals surface area contributed by atoms with Gasteiger partial charge in [-0.1, -0.05) is 0 Å². The molecule has 13 heteroatoms. The fraction of sp³-hybridized carbons (Fsp3) is 0.233. The molecule has 4 rings (SSSR count). The van der Waals surface area contributed by atoms with Crippen LogP contribution in [-0.2, 0) is 28.6 Å². The van der Waals surface area contributed by atoms with Gasteiger partial charge in [-0.2, -0.15) is 0 Å². The molecular formula is C30H28O13. The summed E-state index contributed by atoms with van der Waals surface area (Å²) in [7, 11) is 0. The van der Waals surface area contributed by atoms with Crippen molar-refractivity contribution in [3.63, 3.8) is 0 Å². The predicted octanol–water partition coefficient (Wildman–Crippen LogP) is 0.780. The number of phenolic OH excluding ortho intramolecular Hbond substituents is 3. The lowest BCUT2D eigenvalue weighted by molar-refractivity contribution is -0.281. The number of aliphatic hydroxyl groups is 3. The second-order valence-corrected chi connectivity index (χ2v) is 9.53. The lowest BCUT2D eigenvalue weighted by Gasteiger charge is -2.41. The quantitative estimate of drug-likeness (QED) is 0.134. The minimum absolute atomic E-state index is 0.0657. The van der Waals surface area contributed by atoms with E-state index in [9.17, 15) is 45.0 Å². The Morgan fingerprint density at radius 3 is 2.28 bits per heavy atom. The first kappa shape index (κ1) is 31.0. The van der Waals surface area contributed by atoms with E-state index in [4.69, 9.17) is 18.9 Å². The number of hydrogen-bond donors (Lipinski definition) is 6. The summed E-state index contributed by atoms with van der Waals surface area (Å²) in [5.41, 5.74) is -1.58. The van der Waals surface area contributed by atoms with E-state index in [2.05, 4.69) is 0 Å². The third-order valence-electron chi connectivity index (χ3n) is 6.30. The summed E-state index contributed by atoms with van der Waals surface area (Å²) in [6.45, 7) is -0.587. The van der Waals surface area contributed by atoms with Crippen LogP contribution >= 0.6 is 0 Å². The zero-order chi connectivity index (χ0) is 31.1. The Kier molecular flexibility index (Phi) is 9.63. The number of esters is 2. The third kappa shape index (κ3) is 8.30. The van der Waals surface area contributed by atoms with Gasteiger partial charge in [0.15, 0.2) is 11.9 Å². The van der Waals surface area contributed by atoms with Gasteiger partial charge in [-0.3, -0.25) is 4.79 Å². The molecule has 1 heterocycles. The van der Waals surface area contributed by atoms with Crippen LogP contribution in [0.15, 0.2) is 85.0 Å². The van der Waals surface area contributed by atoms with Gasteiger partial charge in [0.2, 0.25) is 6.29 Å². The van der Waals surface area contributed by atoms with Gasteiger partial charge in [0, 0.05) is 17.7 Å². The standard InChI is InChI=1S/C30H28O13/c31-18-2-5-21(6-3-18)41-29-28(43-25(36)8-1-17-15-20(33)4-7-22(17)34)27(38)26(37)23(42-29)16-40-24(35)11-14-30(39)12-9-19(32)10-13-30/h1-15,23,26-29,31,33-34,37-39H,16H2/b8-1+,14-11+/t23-,26-,27+,28-,29-/m1/s1. The Morgan fingerprint density at radius 1 is 0.907 bits per heavy atom. The minimum atomic E-state index is -1.79. The van der Waals surface area contributed by atoms with Crippen molar-refractivity contribution in [2.45, 2.75) is 36.3 Å². The Balaban J connectivity index is 1.45. The summed E-state index contributed by atoms with van der Waals surface area (Å²) in [5.74, 6) is -2.62. The van der Waals surface area contributed by atoms with Gasteiger partial charge in [-0.05, 0) is 78.9 Å². The molecule has 0 radical (unpaired) electrons. The molecule has 0 unspecified atom stereocenters. The van der Waals surface area contributed by atoms with E-state index >= 15 is 0 Å². The SMILES string of the molecule is O=C1C=CC(O)(/C=C/C(=O)OC[C@H]2O[C@@H](Oc3ccc(O)cc3)[C@H](OC(=O)/C=C/c3cc(O)ccc3O)[C@@H](O)[C@@H]2O)C=C1. The highest BCUT2D eigenvalue weighted by Crippen LogP contribution is 2.28. The maximum atomic E-state index is 12.6. The Morgan fingerprint density at radius 2 is 1.58 bits per heavy atom. The molecule has 43 heavy (non-hydrogen) atoms. The largest absolute Gasteiger partial charge is 0.508 e. The average Bonchev–Trinajstić information content (AvgIpc) is 2.98. The number of ether oxygens (including phenoxy) is 4. The van der Waals surface area contributed by atoms with Gasteiger partial charge in [-0.15, -0.1) is 0 Å². The topological polar surface area (TPSA) is 210 Å². The van der Waals surface area contributed by atoms with E-state index in [-0.39, 0.29) is 34.3 Å². The summed E-state index contributed by atoms with van der Waals surface area (Å²) in [5, 5.41) is 60.9. The summed E-state index contributed by atoms with van der Waals surface area (Å²) < 4.78 is 21.8. The highest BCUT2D eigenvalue weighted by Gasteiger charge is 2.48. The van der Waals surface area contributed by atoms with Crippen LogP contribution in [0.4, 0.5) is 0 Å². The highest BCUT2D eigenvalue weighted by atomic mass is 16.7. The van der Waals surface area contributed by atoms with Crippen LogP contribution in [0.5, 0.6) is 23.0 Å².